The molecule has 0 amide bonds. The third-order valence-electron chi connectivity index (χ3n) is 3.29. The van der Waals surface area contributed by atoms with Gasteiger partial charge in [-0.2, -0.15) is 0 Å². The van der Waals surface area contributed by atoms with Crippen LogP contribution in [0.3, 0.4) is 0 Å². The first-order valence-electron chi connectivity index (χ1n) is 6.58. The second-order valence-corrected chi connectivity index (χ2v) is 4.65. The molecule has 6 heteroatoms. The molecule has 6 nitrogen and oxygen atoms in total. The number of carbonyl (C=O) groups excluding carboxylic acids is 1. The molecule has 0 aliphatic heterocycles. The molecule has 110 valence electrons. The molecule has 0 aromatic heterocycles. The normalized spacial score (nSPS) is 12.0. The number of nitrogens with one attached hydrogen (secondary N) is 1. The van der Waals surface area contributed by atoms with Crippen LogP contribution in [-0.4, -0.2) is 11.2 Å². The highest BCUT2D eigenvalue weighted by atomic mass is 16.5. The fraction of sp³-hybridized carbons (Fsp3) is 0.267. The number of fused-ring (bicyclic) bond motifs is 1. The van der Waals surface area contributed by atoms with E-state index in [0.29, 0.717) is 22.9 Å². The summed E-state index contributed by atoms with van der Waals surface area (Å²) in [7, 11) is 0. The van der Waals surface area contributed by atoms with Crippen molar-refractivity contribution in [3.05, 3.63) is 40.8 Å². The number of anilines is 1. The van der Waals surface area contributed by atoms with E-state index in [1.54, 1.807) is 24.3 Å². The highest BCUT2D eigenvalue weighted by Crippen LogP contribution is 2.34. The van der Waals surface area contributed by atoms with Crippen LogP contribution in [0.15, 0.2) is 35.5 Å². The zero-order chi connectivity index (χ0) is 15.4. The molecule has 0 radical (unpaired) electrons. The summed E-state index contributed by atoms with van der Waals surface area (Å²) in [5.41, 5.74) is 3.61. The molecule has 0 spiro atoms. The number of nitrogens with zero attached hydrogens (tertiary/aromatic N) is 1. The number of benzene rings is 2. The van der Waals surface area contributed by atoms with E-state index in [9.17, 15) is 9.70 Å². The molecule has 2 aromatic carbocycles. The Morgan fingerprint density at radius 2 is 2.10 bits per heavy atom. The summed E-state index contributed by atoms with van der Waals surface area (Å²) in [6.45, 7) is 3.26. The number of hydrogen-bond donors (Lipinski definition) is 2. The first-order chi connectivity index (χ1) is 10.1. The van der Waals surface area contributed by atoms with Crippen molar-refractivity contribution < 1.29 is 14.7 Å². The van der Waals surface area contributed by atoms with Crippen LogP contribution in [0.5, 0.6) is 0 Å². The molecule has 2 aromatic rings. The smallest absolute Gasteiger partial charge is 0.303 e. The van der Waals surface area contributed by atoms with Crippen molar-refractivity contribution >= 4 is 28.1 Å². The van der Waals surface area contributed by atoms with Gasteiger partial charge in [-0.3, -0.25) is 15.5 Å². The molecule has 2 rings (SSSR count). The maximum atomic E-state index is 11.1. The van der Waals surface area contributed by atoms with E-state index in [1.165, 1.54) is 13.0 Å². The largest absolute Gasteiger partial charge is 0.458 e. The van der Waals surface area contributed by atoms with Crippen molar-refractivity contribution in [2.24, 2.45) is 5.18 Å². The molecular weight excluding hydrogens is 272 g/mol. The average Bonchev–Trinajstić information content (AvgIpc) is 2.50. The Kier molecular flexibility index (Phi) is 4.49. The number of esters is 1. The second-order valence-electron chi connectivity index (χ2n) is 4.65. The van der Waals surface area contributed by atoms with Crippen LogP contribution in [0, 0.1) is 4.91 Å². The van der Waals surface area contributed by atoms with Crippen molar-refractivity contribution in [3.63, 3.8) is 0 Å². The summed E-state index contributed by atoms with van der Waals surface area (Å²) in [4.78, 5) is 22.1. The lowest BCUT2D eigenvalue weighted by Gasteiger charge is -2.17. The van der Waals surface area contributed by atoms with Crippen molar-refractivity contribution in [2.75, 3.05) is 5.48 Å². The van der Waals surface area contributed by atoms with E-state index in [0.717, 1.165) is 5.56 Å². The van der Waals surface area contributed by atoms with Crippen LogP contribution in [0.25, 0.3) is 10.8 Å². The van der Waals surface area contributed by atoms with E-state index in [-0.39, 0.29) is 17.8 Å². The lowest BCUT2D eigenvalue weighted by Crippen LogP contribution is -2.07. The van der Waals surface area contributed by atoms with E-state index in [4.69, 9.17) is 9.94 Å². The molecule has 0 fully saturated rings. The Bertz CT molecular complexity index is 685. The van der Waals surface area contributed by atoms with Gasteiger partial charge in [0.1, 0.15) is 11.8 Å². The lowest BCUT2D eigenvalue weighted by atomic mass is 10.00. The van der Waals surface area contributed by atoms with Gasteiger partial charge in [0.25, 0.3) is 0 Å². The van der Waals surface area contributed by atoms with Gasteiger partial charge in [0.2, 0.25) is 0 Å². The zero-order valence-electron chi connectivity index (χ0n) is 11.8. The highest BCUT2D eigenvalue weighted by Gasteiger charge is 2.15. The molecule has 1 atom stereocenters. The van der Waals surface area contributed by atoms with Crippen LogP contribution in [-0.2, 0) is 9.53 Å². The Balaban J connectivity index is 2.58. The molecule has 0 saturated heterocycles. The molecular formula is C15H16N2O4. The maximum Gasteiger partial charge on any atom is 0.303 e. The first-order valence-corrected chi connectivity index (χ1v) is 6.58. The van der Waals surface area contributed by atoms with E-state index >= 15 is 0 Å². The predicted molar refractivity (Wildman–Crippen MR) is 79.6 cm³/mol. The van der Waals surface area contributed by atoms with Crippen LogP contribution in [0.2, 0.25) is 0 Å². The summed E-state index contributed by atoms with van der Waals surface area (Å²) < 4.78 is 5.25. The fourth-order valence-electron chi connectivity index (χ4n) is 2.32. The molecule has 1 unspecified atom stereocenters. The standard InChI is InChI=1S/C15H16N2O4/c1-3-15(21-9(2)18)10-4-5-11-12(8-10)14(17-20)7-6-13(11)16-19/h4-8,15-16,19H,3H2,1-2H3. The monoisotopic (exact) mass is 288 g/mol. The average molecular weight is 288 g/mol. The quantitative estimate of drug-likeness (QED) is 0.492. The van der Waals surface area contributed by atoms with Crippen molar-refractivity contribution in [2.45, 2.75) is 26.4 Å². The van der Waals surface area contributed by atoms with Crippen molar-refractivity contribution in [1.29, 1.82) is 0 Å². The molecule has 2 N–H and O–H groups in total. The van der Waals surface area contributed by atoms with E-state index < -0.39 is 0 Å². The van der Waals surface area contributed by atoms with Gasteiger partial charge in [-0.25, -0.2) is 0 Å². The number of hydrogen-bond acceptors (Lipinski definition) is 6. The minimum absolute atomic E-state index is 0.267. The maximum absolute atomic E-state index is 11.1. The van der Waals surface area contributed by atoms with E-state index in [2.05, 4.69) is 10.7 Å². The molecule has 0 saturated carbocycles. The third-order valence-corrected chi connectivity index (χ3v) is 3.29. The summed E-state index contributed by atoms with van der Waals surface area (Å²) in [6.07, 6.45) is 0.240. The topological polar surface area (TPSA) is 88.0 Å². The first kappa shape index (κ1) is 14.9. The second kappa shape index (κ2) is 6.32. The fourth-order valence-corrected chi connectivity index (χ4v) is 2.32. The van der Waals surface area contributed by atoms with Crippen LogP contribution in [0.4, 0.5) is 11.4 Å². The minimum Gasteiger partial charge on any atom is -0.458 e. The zero-order valence-corrected chi connectivity index (χ0v) is 11.8. The molecule has 21 heavy (non-hydrogen) atoms. The van der Waals surface area contributed by atoms with Crippen LogP contribution < -0.4 is 5.48 Å². The highest BCUT2D eigenvalue weighted by molar-refractivity contribution is 6.01. The van der Waals surface area contributed by atoms with Crippen LogP contribution >= 0.6 is 0 Å². The van der Waals surface area contributed by atoms with Gasteiger partial charge in [0, 0.05) is 17.7 Å². The minimum atomic E-state index is -0.378. The van der Waals surface area contributed by atoms with Gasteiger partial charge in [-0.15, -0.1) is 4.91 Å². The van der Waals surface area contributed by atoms with Gasteiger partial charge < -0.3 is 4.74 Å². The summed E-state index contributed by atoms with van der Waals surface area (Å²) in [5, 5.41) is 13.4. The Labute approximate surface area is 121 Å². The number of rotatable bonds is 5. The summed E-state index contributed by atoms with van der Waals surface area (Å²) in [5.74, 6) is -0.360. The number of carbonyl (C=O) groups is 1. The van der Waals surface area contributed by atoms with Gasteiger partial charge in [0.15, 0.2) is 0 Å². The Hall–Kier alpha value is -2.47. The van der Waals surface area contributed by atoms with Gasteiger partial charge >= 0.3 is 5.97 Å². The SMILES string of the molecule is CCC(OC(C)=O)c1ccc2c(NO)ccc(N=O)c2c1. The molecule has 0 aliphatic rings. The third kappa shape index (κ3) is 3.00. The van der Waals surface area contributed by atoms with Gasteiger partial charge in [-0.1, -0.05) is 19.1 Å². The molecule has 0 bridgehead atoms. The number of ether oxygens (including phenoxy) is 1. The summed E-state index contributed by atoms with van der Waals surface area (Å²) >= 11 is 0. The summed E-state index contributed by atoms with van der Waals surface area (Å²) in [6, 6.07) is 8.40. The van der Waals surface area contributed by atoms with Gasteiger partial charge in [-0.05, 0) is 35.4 Å². The van der Waals surface area contributed by atoms with E-state index in [1.807, 2.05) is 6.92 Å². The lowest BCUT2D eigenvalue weighted by molar-refractivity contribution is -0.146. The number of nitroso groups, excluding NO2 is 1. The Morgan fingerprint density at radius 1 is 1.33 bits per heavy atom. The van der Waals surface area contributed by atoms with Gasteiger partial charge in [0.05, 0.1) is 5.69 Å². The van der Waals surface area contributed by atoms with Crippen molar-refractivity contribution in [1.82, 2.24) is 0 Å². The molecule has 0 heterocycles. The Morgan fingerprint density at radius 3 is 2.67 bits per heavy atom. The molecule has 0 aliphatic carbocycles. The van der Waals surface area contributed by atoms with Crippen LogP contribution in [0.1, 0.15) is 31.9 Å². The van der Waals surface area contributed by atoms with Crippen molar-refractivity contribution in [3.8, 4) is 0 Å². The predicted octanol–water partition coefficient (Wildman–Crippen LogP) is 4.05.